The van der Waals surface area contributed by atoms with Crippen LogP contribution in [0.15, 0.2) is 30.4 Å². The van der Waals surface area contributed by atoms with E-state index >= 15 is 0 Å². The number of nitrogens with zero attached hydrogens (tertiary/aromatic N) is 1. The van der Waals surface area contributed by atoms with Gasteiger partial charge in [0, 0.05) is 30.8 Å². The Morgan fingerprint density at radius 1 is 1.30 bits per heavy atom. The molecule has 0 amide bonds. The number of methoxy groups -OCH3 is 1. The molecule has 124 valence electrons. The highest BCUT2D eigenvalue weighted by atomic mass is 16.6. The summed E-state index contributed by atoms with van der Waals surface area (Å²) < 4.78 is 17.8. The van der Waals surface area contributed by atoms with Gasteiger partial charge in [0.15, 0.2) is 0 Å². The fraction of sp³-hybridized carbons (Fsp3) is 0.389. The Labute approximate surface area is 136 Å². The topological polar surface area (TPSA) is 49.7 Å². The molecule has 0 bridgehead atoms. The summed E-state index contributed by atoms with van der Waals surface area (Å²) in [5.41, 5.74) is 3.33. The second-order valence-corrected chi connectivity index (χ2v) is 5.57. The highest BCUT2D eigenvalue weighted by Crippen LogP contribution is 2.29. The summed E-state index contributed by atoms with van der Waals surface area (Å²) in [6.07, 6.45) is 0. The number of aryl methyl sites for hydroxylation is 1. The summed E-state index contributed by atoms with van der Waals surface area (Å²) in [4.78, 5) is 12.4. The van der Waals surface area contributed by atoms with Crippen molar-refractivity contribution in [3.63, 3.8) is 0 Å². The van der Waals surface area contributed by atoms with Crippen molar-refractivity contribution in [1.29, 1.82) is 0 Å². The Morgan fingerprint density at radius 3 is 2.70 bits per heavy atom. The van der Waals surface area contributed by atoms with Crippen LogP contribution in [0.2, 0.25) is 0 Å². The van der Waals surface area contributed by atoms with Crippen LogP contribution in [0.25, 0.3) is 10.9 Å². The first-order valence-corrected chi connectivity index (χ1v) is 7.48. The van der Waals surface area contributed by atoms with Gasteiger partial charge in [0.25, 0.3) is 0 Å². The van der Waals surface area contributed by atoms with Gasteiger partial charge in [-0.05, 0) is 37.6 Å². The van der Waals surface area contributed by atoms with Gasteiger partial charge in [-0.1, -0.05) is 6.58 Å². The maximum atomic E-state index is 12.4. The fourth-order valence-corrected chi connectivity index (χ4v) is 2.39. The van der Waals surface area contributed by atoms with Gasteiger partial charge in [0.05, 0.1) is 12.2 Å². The molecule has 1 aromatic carbocycles. The van der Waals surface area contributed by atoms with Crippen LogP contribution in [0, 0.1) is 6.92 Å². The van der Waals surface area contributed by atoms with E-state index in [0.29, 0.717) is 24.5 Å². The number of fused-ring (bicyclic) bond motifs is 1. The number of hydrogen-bond donors (Lipinski definition) is 0. The molecule has 0 fully saturated rings. The molecule has 0 N–H and O–H groups in total. The maximum absolute atomic E-state index is 12.4. The van der Waals surface area contributed by atoms with Crippen LogP contribution in [0.4, 0.5) is 0 Å². The van der Waals surface area contributed by atoms with E-state index in [9.17, 15) is 4.79 Å². The molecule has 0 atom stereocenters. The first kappa shape index (κ1) is 17.1. The third-order valence-corrected chi connectivity index (χ3v) is 3.67. The molecule has 0 unspecified atom stereocenters. The minimum absolute atomic E-state index is 0.233. The van der Waals surface area contributed by atoms with Crippen molar-refractivity contribution >= 4 is 16.9 Å². The molecule has 2 aromatic rings. The SMILES string of the molecule is C=C(C)COc1ccc2c(c1)c(C(=O)OCCOC)c(C)n2C. The molecule has 1 aromatic heterocycles. The molecule has 5 heteroatoms. The van der Waals surface area contributed by atoms with Crippen LogP contribution in [0.1, 0.15) is 23.0 Å². The minimum atomic E-state index is -0.345. The number of esters is 1. The van der Waals surface area contributed by atoms with Crippen molar-refractivity contribution < 1.29 is 19.0 Å². The molecule has 0 radical (unpaired) electrons. The smallest absolute Gasteiger partial charge is 0.340 e. The van der Waals surface area contributed by atoms with E-state index in [0.717, 1.165) is 22.2 Å². The zero-order valence-corrected chi connectivity index (χ0v) is 14.1. The lowest BCUT2D eigenvalue weighted by Crippen LogP contribution is -2.11. The largest absolute Gasteiger partial charge is 0.489 e. The van der Waals surface area contributed by atoms with Gasteiger partial charge < -0.3 is 18.8 Å². The second-order valence-electron chi connectivity index (χ2n) is 5.57. The third-order valence-electron chi connectivity index (χ3n) is 3.67. The van der Waals surface area contributed by atoms with Gasteiger partial charge in [0.1, 0.15) is 19.0 Å². The highest BCUT2D eigenvalue weighted by Gasteiger charge is 2.20. The molecule has 0 saturated heterocycles. The Morgan fingerprint density at radius 2 is 2.04 bits per heavy atom. The van der Waals surface area contributed by atoms with Gasteiger partial charge in [-0.2, -0.15) is 0 Å². The van der Waals surface area contributed by atoms with Gasteiger partial charge in [-0.3, -0.25) is 0 Å². The predicted molar refractivity (Wildman–Crippen MR) is 90.1 cm³/mol. The van der Waals surface area contributed by atoms with Crippen LogP contribution in [0.3, 0.4) is 0 Å². The van der Waals surface area contributed by atoms with Crippen LogP contribution in [0.5, 0.6) is 5.75 Å². The van der Waals surface area contributed by atoms with Gasteiger partial charge in [-0.15, -0.1) is 0 Å². The van der Waals surface area contributed by atoms with Crippen molar-refractivity contribution in [1.82, 2.24) is 4.57 Å². The summed E-state index contributed by atoms with van der Waals surface area (Å²) in [6.45, 7) is 8.69. The molecule has 0 aliphatic rings. The average Bonchev–Trinajstić information content (AvgIpc) is 2.76. The summed E-state index contributed by atoms with van der Waals surface area (Å²) in [5, 5.41) is 0.826. The fourth-order valence-electron chi connectivity index (χ4n) is 2.39. The van der Waals surface area contributed by atoms with Crippen LogP contribution in [-0.4, -0.2) is 37.5 Å². The zero-order valence-electron chi connectivity index (χ0n) is 14.1. The lowest BCUT2D eigenvalue weighted by Gasteiger charge is -2.07. The molecule has 0 aliphatic carbocycles. The van der Waals surface area contributed by atoms with E-state index in [4.69, 9.17) is 14.2 Å². The summed E-state index contributed by atoms with van der Waals surface area (Å²) in [6, 6.07) is 5.71. The third kappa shape index (κ3) is 3.74. The monoisotopic (exact) mass is 317 g/mol. The van der Waals surface area contributed by atoms with E-state index < -0.39 is 0 Å². The molecule has 0 aliphatic heterocycles. The van der Waals surface area contributed by atoms with Crippen molar-refractivity contribution in [2.24, 2.45) is 7.05 Å². The van der Waals surface area contributed by atoms with Crippen molar-refractivity contribution in [2.45, 2.75) is 13.8 Å². The average molecular weight is 317 g/mol. The van der Waals surface area contributed by atoms with Crippen molar-refractivity contribution in [3.05, 3.63) is 41.6 Å². The number of carbonyl (C=O) groups is 1. The van der Waals surface area contributed by atoms with E-state index in [1.54, 1.807) is 7.11 Å². The molecule has 23 heavy (non-hydrogen) atoms. The van der Waals surface area contributed by atoms with Gasteiger partial charge in [0.2, 0.25) is 0 Å². The lowest BCUT2D eigenvalue weighted by atomic mass is 10.1. The zero-order chi connectivity index (χ0) is 17.0. The molecule has 2 rings (SSSR count). The summed E-state index contributed by atoms with van der Waals surface area (Å²) in [7, 11) is 3.50. The van der Waals surface area contributed by atoms with Crippen LogP contribution in [-0.2, 0) is 16.5 Å². The number of aromatic nitrogens is 1. The number of ether oxygens (including phenoxy) is 3. The van der Waals surface area contributed by atoms with E-state index in [-0.39, 0.29) is 12.6 Å². The van der Waals surface area contributed by atoms with Crippen LogP contribution < -0.4 is 4.74 Å². The normalized spacial score (nSPS) is 10.8. The first-order valence-electron chi connectivity index (χ1n) is 7.48. The Kier molecular flexibility index (Phi) is 5.45. The maximum Gasteiger partial charge on any atom is 0.340 e. The molecular weight excluding hydrogens is 294 g/mol. The minimum Gasteiger partial charge on any atom is -0.489 e. The highest BCUT2D eigenvalue weighted by molar-refractivity contribution is 6.06. The predicted octanol–water partition coefficient (Wildman–Crippen LogP) is 3.24. The number of carbonyl (C=O) groups excluding carboxylic acids is 1. The van der Waals surface area contributed by atoms with Gasteiger partial charge >= 0.3 is 5.97 Å². The Bertz CT molecular complexity index is 730. The summed E-state index contributed by atoms with van der Waals surface area (Å²) >= 11 is 0. The number of rotatable bonds is 7. The van der Waals surface area contributed by atoms with Crippen LogP contribution >= 0.6 is 0 Å². The lowest BCUT2D eigenvalue weighted by molar-refractivity contribution is 0.0389. The molecule has 1 heterocycles. The molecule has 0 saturated carbocycles. The number of hydrogen-bond acceptors (Lipinski definition) is 4. The first-order chi connectivity index (χ1) is 11.0. The van der Waals surface area contributed by atoms with E-state index in [1.165, 1.54) is 0 Å². The quantitative estimate of drug-likeness (QED) is 0.447. The molecule has 0 spiro atoms. The molecule has 5 nitrogen and oxygen atoms in total. The van der Waals surface area contributed by atoms with Gasteiger partial charge in [-0.25, -0.2) is 4.79 Å². The van der Waals surface area contributed by atoms with Crippen molar-refractivity contribution in [2.75, 3.05) is 26.9 Å². The van der Waals surface area contributed by atoms with Crippen molar-refractivity contribution in [3.8, 4) is 5.75 Å². The summed E-state index contributed by atoms with van der Waals surface area (Å²) in [5.74, 6) is 0.360. The number of benzene rings is 1. The van der Waals surface area contributed by atoms with E-state index in [1.807, 2.05) is 43.7 Å². The standard InChI is InChI=1S/C18H23NO4/c1-12(2)11-23-14-6-7-16-15(10-14)17(13(3)19(16)4)18(20)22-9-8-21-5/h6-7,10H,1,8-9,11H2,2-5H3. The Balaban J connectivity index is 2.37. The van der Waals surface area contributed by atoms with E-state index in [2.05, 4.69) is 6.58 Å². The Hall–Kier alpha value is -2.27. The molecular formula is C18H23NO4. The second kappa shape index (κ2) is 7.33.